The first-order valence-corrected chi connectivity index (χ1v) is 6.82. The van der Waals surface area contributed by atoms with Crippen molar-refractivity contribution in [3.63, 3.8) is 0 Å². The van der Waals surface area contributed by atoms with Crippen LogP contribution < -0.4 is 15.8 Å². The molecule has 0 amide bonds. The molecular weight excluding hydrogens is 277 g/mol. The van der Waals surface area contributed by atoms with E-state index in [0.29, 0.717) is 29.3 Å². The number of nitrogens with one attached hydrogen (secondary N) is 1. The average molecular weight is 291 g/mol. The van der Waals surface area contributed by atoms with Crippen LogP contribution >= 0.6 is 11.3 Å². The molecule has 0 fully saturated rings. The number of halogens is 1. The molecule has 0 saturated heterocycles. The van der Waals surface area contributed by atoms with E-state index in [9.17, 15) is 4.39 Å². The highest BCUT2D eigenvalue weighted by molar-refractivity contribution is 7.17. The molecule has 2 aromatic rings. The number of thiophene rings is 1. The summed E-state index contributed by atoms with van der Waals surface area (Å²) >= 11 is 1.25. The van der Waals surface area contributed by atoms with Crippen molar-refractivity contribution in [3.8, 4) is 11.8 Å². The van der Waals surface area contributed by atoms with Crippen molar-refractivity contribution in [2.45, 2.75) is 6.42 Å². The van der Waals surface area contributed by atoms with Crippen LogP contribution in [0.5, 0.6) is 5.75 Å². The summed E-state index contributed by atoms with van der Waals surface area (Å²) in [5.41, 5.74) is 7.06. The minimum absolute atomic E-state index is 0.243. The summed E-state index contributed by atoms with van der Waals surface area (Å²) in [6.07, 6.45) is 0.667. The number of nitrogens with two attached hydrogens (primary N) is 1. The van der Waals surface area contributed by atoms with Gasteiger partial charge in [-0.2, -0.15) is 5.26 Å². The average Bonchev–Trinajstić information content (AvgIpc) is 2.74. The fraction of sp³-hybridized carbons (Fsp3) is 0.214. The van der Waals surface area contributed by atoms with E-state index in [-0.39, 0.29) is 5.82 Å². The first kappa shape index (κ1) is 14.2. The molecule has 1 heterocycles. The van der Waals surface area contributed by atoms with E-state index in [1.54, 1.807) is 6.07 Å². The van der Waals surface area contributed by atoms with Crippen molar-refractivity contribution in [3.05, 3.63) is 40.5 Å². The summed E-state index contributed by atoms with van der Waals surface area (Å²) in [7, 11) is 1.51. The van der Waals surface area contributed by atoms with E-state index in [0.717, 1.165) is 10.6 Å². The largest absolute Gasteiger partial charge is 0.492 e. The number of methoxy groups -OCH3 is 1. The van der Waals surface area contributed by atoms with E-state index >= 15 is 0 Å². The van der Waals surface area contributed by atoms with Crippen LogP contribution in [0.1, 0.15) is 10.4 Å². The highest BCUT2D eigenvalue weighted by Crippen LogP contribution is 2.41. The monoisotopic (exact) mass is 291 g/mol. The number of hydrogen-bond acceptors (Lipinski definition) is 5. The summed E-state index contributed by atoms with van der Waals surface area (Å²) in [4.78, 5) is 0.426. The highest BCUT2D eigenvalue weighted by Gasteiger charge is 2.16. The van der Waals surface area contributed by atoms with E-state index in [1.807, 2.05) is 12.1 Å². The number of nitrogens with zero attached hydrogens (tertiary/aromatic N) is 1. The summed E-state index contributed by atoms with van der Waals surface area (Å²) in [5.74, 6) is 0.248. The number of benzene rings is 1. The van der Waals surface area contributed by atoms with Crippen molar-refractivity contribution in [1.29, 1.82) is 5.26 Å². The van der Waals surface area contributed by atoms with Gasteiger partial charge >= 0.3 is 0 Å². The van der Waals surface area contributed by atoms with Crippen LogP contribution in [-0.4, -0.2) is 13.7 Å². The fourth-order valence-corrected chi connectivity index (χ4v) is 2.76. The van der Waals surface area contributed by atoms with Gasteiger partial charge in [0.15, 0.2) is 5.75 Å². The molecule has 0 radical (unpaired) electrons. The van der Waals surface area contributed by atoms with Gasteiger partial charge in [0.2, 0.25) is 0 Å². The molecule has 0 aliphatic carbocycles. The summed E-state index contributed by atoms with van der Waals surface area (Å²) in [6.45, 7) is 0.602. The fourth-order valence-electron chi connectivity index (χ4n) is 1.84. The van der Waals surface area contributed by atoms with Crippen molar-refractivity contribution in [2.24, 2.45) is 0 Å². The van der Waals surface area contributed by atoms with Crippen LogP contribution in [0.4, 0.5) is 15.1 Å². The normalized spacial score (nSPS) is 10.1. The minimum Gasteiger partial charge on any atom is -0.492 e. The Bertz CT molecular complexity index is 648. The molecule has 104 valence electrons. The zero-order valence-electron chi connectivity index (χ0n) is 10.9. The van der Waals surface area contributed by atoms with Gasteiger partial charge in [-0.05, 0) is 24.1 Å². The van der Waals surface area contributed by atoms with Gasteiger partial charge < -0.3 is 15.8 Å². The summed E-state index contributed by atoms with van der Waals surface area (Å²) in [6, 6.07) is 8.50. The quantitative estimate of drug-likeness (QED) is 0.888. The Hall–Kier alpha value is -2.26. The van der Waals surface area contributed by atoms with Crippen LogP contribution in [-0.2, 0) is 6.42 Å². The third-order valence-electron chi connectivity index (χ3n) is 2.79. The Balaban J connectivity index is 2.03. The summed E-state index contributed by atoms with van der Waals surface area (Å²) < 4.78 is 18.2. The molecule has 20 heavy (non-hydrogen) atoms. The molecule has 4 nitrogen and oxygen atoms in total. The van der Waals surface area contributed by atoms with Crippen LogP contribution in [0.15, 0.2) is 24.3 Å². The lowest BCUT2D eigenvalue weighted by Gasteiger charge is -2.07. The molecule has 6 heteroatoms. The van der Waals surface area contributed by atoms with Gasteiger partial charge in [-0.15, -0.1) is 11.3 Å². The molecular formula is C14H14FN3OS. The van der Waals surface area contributed by atoms with Crippen LogP contribution in [0.2, 0.25) is 0 Å². The van der Waals surface area contributed by atoms with Crippen molar-refractivity contribution < 1.29 is 9.13 Å². The van der Waals surface area contributed by atoms with Gasteiger partial charge in [0.05, 0.1) is 7.11 Å². The Morgan fingerprint density at radius 3 is 2.95 bits per heavy atom. The Morgan fingerprint density at radius 1 is 1.50 bits per heavy atom. The molecule has 0 bridgehead atoms. The third-order valence-corrected chi connectivity index (χ3v) is 3.84. The molecule has 3 N–H and O–H groups in total. The van der Waals surface area contributed by atoms with Crippen LogP contribution in [0.25, 0.3) is 0 Å². The van der Waals surface area contributed by atoms with Crippen molar-refractivity contribution in [2.75, 3.05) is 24.7 Å². The van der Waals surface area contributed by atoms with Gasteiger partial charge in [-0.1, -0.05) is 12.1 Å². The van der Waals surface area contributed by atoms with Gasteiger partial charge in [0.25, 0.3) is 0 Å². The maximum absolute atomic E-state index is 13.0. The molecule has 0 aliphatic rings. The molecule has 1 aromatic heterocycles. The Labute approximate surface area is 120 Å². The van der Waals surface area contributed by atoms with Crippen LogP contribution in [0, 0.1) is 17.1 Å². The molecule has 0 unspecified atom stereocenters. The molecule has 2 rings (SSSR count). The maximum atomic E-state index is 13.0. The van der Waals surface area contributed by atoms with Crippen molar-refractivity contribution >= 4 is 22.0 Å². The van der Waals surface area contributed by atoms with Gasteiger partial charge in [0, 0.05) is 6.54 Å². The highest BCUT2D eigenvalue weighted by atomic mass is 32.1. The van der Waals surface area contributed by atoms with E-state index in [4.69, 9.17) is 15.7 Å². The van der Waals surface area contributed by atoms with E-state index in [2.05, 4.69) is 5.32 Å². The SMILES string of the molecule is COc1c(NCCc2cccc(F)c2)sc(C#N)c1N. The lowest BCUT2D eigenvalue weighted by molar-refractivity contribution is 0.420. The first-order chi connectivity index (χ1) is 9.65. The van der Waals surface area contributed by atoms with E-state index in [1.165, 1.54) is 30.6 Å². The number of hydrogen-bond donors (Lipinski definition) is 2. The second kappa shape index (κ2) is 6.26. The molecule has 0 aliphatic heterocycles. The number of nitriles is 1. The predicted octanol–water partition coefficient (Wildman–Crippen LogP) is 3.00. The Kier molecular flexibility index (Phi) is 4.43. The lowest BCUT2D eigenvalue weighted by atomic mass is 10.1. The number of rotatable bonds is 5. The third kappa shape index (κ3) is 3.00. The lowest BCUT2D eigenvalue weighted by Crippen LogP contribution is -2.05. The second-order valence-electron chi connectivity index (χ2n) is 4.13. The molecule has 0 atom stereocenters. The second-order valence-corrected chi connectivity index (χ2v) is 5.15. The molecule has 0 saturated carbocycles. The Morgan fingerprint density at radius 2 is 2.30 bits per heavy atom. The van der Waals surface area contributed by atoms with Gasteiger partial charge in [-0.25, -0.2) is 4.39 Å². The molecule has 0 spiro atoms. The predicted molar refractivity (Wildman–Crippen MR) is 78.6 cm³/mol. The smallest absolute Gasteiger partial charge is 0.177 e. The number of anilines is 2. The summed E-state index contributed by atoms with van der Waals surface area (Å²) in [5, 5.41) is 12.8. The topological polar surface area (TPSA) is 71.1 Å². The van der Waals surface area contributed by atoms with Gasteiger partial charge in [0.1, 0.15) is 27.5 Å². The standard InChI is InChI=1S/C14H14FN3OS/c1-19-13-12(17)11(8-16)20-14(13)18-6-5-9-3-2-4-10(15)7-9/h2-4,7,18H,5-6,17H2,1H3. The van der Waals surface area contributed by atoms with Gasteiger partial charge in [-0.3, -0.25) is 0 Å². The first-order valence-electron chi connectivity index (χ1n) is 6.00. The number of ether oxygens (including phenoxy) is 1. The zero-order valence-corrected chi connectivity index (χ0v) is 11.8. The van der Waals surface area contributed by atoms with E-state index < -0.39 is 0 Å². The zero-order chi connectivity index (χ0) is 14.5. The minimum atomic E-state index is -0.243. The number of nitrogen functional groups attached to an aromatic ring is 1. The van der Waals surface area contributed by atoms with Crippen LogP contribution in [0.3, 0.4) is 0 Å². The van der Waals surface area contributed by atoms with Crippen molar-refractivity contribution in [1.82, 2.24) is 0 Å². The molecule has 1 aromatic carbocycles. The maximum Gasteiger partial charge on any atom is 0.177 e.